The van der Waals surface area contributed by atoms with Crippen LogP contribution in [0.3, 0.4) is 0 Å². The summed E-state index contributed by atoms with van der Waals surface area (Å²) in [4.78, 5) is 2.46. The van der Waals surface area contributed by atoms with E-state index in [0.29, 0.717) is 6.04 Å². The van der Waals surface area contributed by atoms with E-state index in [2.05, 4.69) is 37.8 Å². The lowest BCUT2D eigenvalue weighted by Crippen LogP contribution is -2.42. The maximum Gasteiger partial charge on any atom is 0.0247 e. The van der Waals surface area contributed by atoms with Crippen molar-refractivity contribution in [3.8, 4) is 0 Å². The summed E-state index contributed by atoms with van der Waals surface area (Å²) < 4.78 is 0. The van der Waals surface area contributed by atoms with Gasteiger partial charge in [-0.05, 0) is 46.7 Å². The summed E-state index contributed by atoms with van der Waals surface area (Å²) in [7, 11) is 4.29. The van der Waals surface area contributed by atoms with Crippen molar-refractivity contribution in [2.75, 3.05) is 14.1 Å². The third-order valence-electron chi connectivity index (χ3n) is 3.66. The predicted octanol–water partition coefficient (Wildman–Crippen LogP) is 2.02. The Hall–Kier alpha value is -0.340. The van der Waals surface area contributed by atoms with Crippen LogP contribution in [0.4, 0.5) is 0 Å². The van der Waals surface area contributed by atoms with Crippen molar-refractivity contribution in [3.05, 3.63) is 12.7 Å². The Labute approximate surface area is 88.4 Å². The highest BCUT2D eigenvalue weighted by Crippen LogP contribution is 2.23. The molecule has 14 heavy (non-hydrogen) atoms. The maximum absolute atomic E-state index is 3.85. The summed E-state index contributed by atoms with van der Waals surface area (Å²) >= 11 is 0. The van der Waals surface area contributed by atoms with Crippen molar-refractivity contribution >= 4 is 0 Å². The minimum Gasteiger partial charge on any atom is -0.317 e. The standard InChI is InChI=1S/C12H24N2/c1-5-10(2)14(4)12-8-6-11(13-3)7-9-12/h5,10-13H,1,6-9H2,2-4H3. The molecule has 1 atom stereocenters. The van der Waals surface area contributed by atoms with Gasteiger partial charge >= 0.3 is 0 Å². The van der Waals surface area contributed by atoms with Gasteiger partial charge in [0.2, 0.25) is 0 Å². The number of rotatable bonds is 4. The monoisotopic (exact) mass is 196 g/mol. The average molecular weight is 196 g/mol. The van der Waals surface area contributed by atoms with Crippen molar-refractivity contribution in [1.82, 2.24) is 10.2 Å². The number of hydrogen-bond acceptors (Lipinski definition) is 2. The van der Waals surface area contributed by atoms with E-state index in [1.54, 1.807) is 0 Å². The van der Waals surface area contributed by atoms with E-state index in [-0.39, 0.29) is 0 Å². The van der Waals surface area contributed by atoms with Crippen LogP contribution in [0.25, 0.3) is 0 Å². The summed E-state index contributed by atoms with van der Waals surface area (Å²) in [5, 5.41) is 3.37. The molecule has 0 aromatic rings. The molecule has 0 saturated heterocycles. The van der Waals surface area contributed by atoms with Crippen LogP contribution in [0.5, 0.6) is 0 Å². The summed E-state index contributed by atoms with van der Waals surface area (Å²) in [6, 6.07) is 2.01. The van der Waals surface area contributed by atoms with E-state index >= 15 is 0 Å². The normalized spacial score (nSPS) is 30.3. The molecule has 1 rings (SSSR count). The molecule has 0 spiro atoms. The molecule has 0 aliphatic heterocycles. The maximum atomic E-state index is 3.85. The molecule has 1 saturated carbocycles. The Bertz CT molecular complexity index is 171. The Kier molecular flexibility index (Phi) is 4.63. The summed E-state index contributed by atoms with van der Waals surface area (Å²) in [5.74, 6) is 0. The number of nitrogens with zero attached hydrogens (tertiary/aromatic N) is 1. The lowest BCUT2D eigenvalue weighted by Gasteiger charge is -2.36. The average Bonchev–Trinajstić information content (AvgIpc) is 2.27. The molecule has 1 aliphatic rings. The van der Waals surface area contributed by atoms with Crippen LogP contribution < -0.4 is 5.32 Å². The number of nitrogens with one attached hydrogen (secondary N) is 1. The van der Waals surface area contributed by atoms with Gasteiger partial charge in [0.1, 0.15) is 0 Å². The van der Waals surface area contributed by atoms with Gasteiger partial charge in [0.15, 0.2) is 0 Å². The molecule has 1 N–H and O–H groups in total. The van der Waals surface area contributed by atoms with Gasteiger partial charge in [0.25, 0.3) is 0 Å². The topological polar surface area (TPSA) is 15.3 Å². The van der Waals surface area contributed by atoms with Crippen LogP contribution in [-0.4, -0.2) is 37.1 Å². The molecule has 2 heteroatoms. The van der Waals surface area contributed by atoms with Gasteiger partial charge in [-0.3, -0.25) is 4.90 Å². The third kappa shape index (κ3) is 2.82. The quantitative estimate of drug-likeness (QED) is 0.692. The zero-order valence-electron chi connectivity index (χ0n) is 9.79. The fourth-order valence-electron chi connectivity index (χ4n) is 2.27. The lowest BCUT2D eigenvalue weighted by molar-refractivity contribution is 0.156. The second-order valence-electron chi connectivity index (χ2n) is 4.44. The number of likely N-dealkylation sites (N-methyl/N-ethyl adjacent to an activating group) is 1. The SMILES string of the molecule is C=CC(C)N(C)C1CCC(NC)CC1. The van der Waals surface area contributed by atoms with E-state index < -0.39 is 0 Å². The first-order valence-electron chi connectivity index (χ1n) is 5.70. The van der Waals surface area contributed by atoms with Crippen molar-refractivity contribution < 1.29 is 0 Å². The summed E-state index contributed by atoms with van der Waals surface area (Å²) in [5.41, 5.74) is 0. The molecule has 0 bridgehead atoms. The van der Waals surface area contributed by atoms with Crippen LogP contribution in [-0.2, 0) is 0 Å². The van der Waals surface area contributed by atoms with Crippen molar-refractivity contribution in [1.29, 1.82) is 0 Å². The van der Waals surface area contributed by atoms with Crippen molar-refractivity contribution in [3.63, 3.8) is 0 Å². The van der Waals surface area contributed by atoms with Crippen LogP contribution in [0.2, 0.25) is 0 Å². The largest absolute Gasteiger partial charge is 0.317 e. The first kappa shape index (κ1) is 11.7. The highest BCUT2D eigenvalue weighted by Gasteiger charge is 2.24. The van der Waals surface area contributed by atoms with E-state index in [1.807, 2.05) is 6.08 Å². The summed E-state index contributed by atoms with van der Waals surface area (Å²) in [6.45, 7) is 6.07. The summed E-state index contributed by atoms with van der Waals surface area (Å²) in [6.07, 6.45) is 7.30. The van der Waals surface area contributed by atoms with Gasteiger partial charge < -0.3 is 5.32 Å². The first-order chi connectivity index (χ1) is 6.69. The molecule has 0 aromatic carbocycles. The minimum absolute atomic E-state index is 0.506. The van der Waals surface area contributed by atoms with Gasteiger partial charge in [0.05, 0.1) is 0 Å². The van der Waals surface area contributed by atoms with Gasteiger partial charge in [-0.15, -0.1) is 6.58 Å². The third-order valence-corrected chi connectivity index (χ3v) is 3.66. The molecule has 0 radical (unpaired) electrons. The van der Waals surface area contributed by atoms with Gasteiger partial charge in [-0.2, -0.15) is 0 Å². The van der Waals surface area contributed by atoms with Crippen molar-refractivity contribution in [2.24, 2.45) is 0 Å². The van der Waals surface area contributed by atoms with Crippen LogP contribution in [0, 0.1) is 0 Å². The molecule has 1 unspecified atom stereocenters. The smallest absolute Gasteiger partial charge is 0.0247 e. The molecule has 1 aliphatic carbocycles. The van der Waals surface area contributed by atoms with Gasteiger partial charge in [-0.25, -0.2) is 0 Å². The molecule has 82 valence electrons. The van der Waals surface area contributed by atoms with Crippen molar-refractivity contribution in [2.45, 2.75) is 50.7 Å². The predicted molar refractivity (Wildman–Crippen MR) is 62.5 cm³/mol. The second-order valence-corrected chi connectivity index (χ2v) is 4.44. The zero-order valence-corrected chi connectivity index (χ0v) is 9.79. The van der Waals surface area contributed by atoms with E-state index in [4.69, 9.17) is 0 Å². The first-order valence-corrected chi connectivity index (χ1v) is 5.70. The molecule has 0 heterocycles. The molecular formula is C12H24N2. The molecule has 1 fully saturated rings. The van der Waals surface area contributed by atoms with Gasteiger partial charge in [-0.1, -0.05) is 6.08 Å². The highest BCUT2D eigenvalue weighted by molar-refractivity contribution is 4.89. The van der Waals surface area contributed by atoms with E-state index in [0.717, 1.165) is 12.1 Å². The zero-order chi connectivity index (χ0) is 10.6. The highest BCUT2D eigenvalue weighted by atomic mass is 15.2. The Morgan fingerprint density at radius 2 is 1.93 bits per heavy atom. The lowest BCUT2D eigenvalue weighted by atomic mass is 9.90. The Morgan fingerprint density at radius 3 is 2.36 bits per heavy atom. The van der Waals surface area contributed by atoms with Crippen LogP contribution in [0.1, 0.15) is 32.6 Å². The fraction of sp³-hybridized carbons (Fsp3) is 0.833. The number of hydrogen-bond donors (Lipinski definition) is 1. The van der Waals surface area contributed by atoms with Crippen LogP contribution >= 0.6 is 0 Å². The minimum atomic E-state index is 0.506. The van der Waals surface area contributed by atoms with E-state index in [9.17, 15) is 0 Å². The molecule has 0 aromatic heterocycles. The Morgan fingerprint density at radius 1 is 1.36 bits per heavy atom. The van der Waals surface area contributed by atoms with Crippen LogP contribution in [0.15, 0.2) is 12.7 Å². The Balaban J connectivity index is 2.37. The molecule has 0 amide bonds. The van der Waals surface area contributed by atoms with Gasteiger partial charge in [0, 0.05) is 18.1 Å². The molecular weight excluding hydrogens is 172 g/mol. The molecule has 2 nitrogen and oxygen atoms in total. The fourth-order valence-corrected chi connectivity index (χ4v) is 2.27. The second kappa shape index (κ2) is 5.52. The van der Waals surface area contributed by atoms with E-state index in [1.165, 1.54) is 25.7 Å².